The summed E-state index contributed by atoms with van der Waals surface area (Å²) in [6.45, 7) is 2.00. The molecule has 0 radical (unpaired) electrons. The molecule has 0 aliphatic rings. The highest BCUT2D eigenvalue weighted by Gasteiger charge is 2.18. The van der Waals surface area contributed by atoms with Gasteiger partial charge in [0.05, 0.1) is 21.3 Å². The lowest BCUT2D eigenvalue weighted by Gasteiger charge is -2.15. The summed E-state index contributed by atoms with van der Waals surface area (Å²) in [4.78, 5) is 39.2. The fourth-order valence-corrected chi connectivity index (χ4v) is 4.13. The summed E-state index contributed by atoms with van der Waals surface area (Å²) >= 11 is 0. The predicted octanol–water partition coefficient (Wildman–Crippen LogP) is 6.33. The van der Waals surface area contributed by atoms with E-state index in [9.17, 15) is 14.4 Å². The van der Waals surface area contributed by atoms with Crippen LogP contribution >= 0.6 is 0 Å². The van der Waals surface area contributed by atoms with Gasteiger partial charge < -0.3 is 24.8 Å². The fourth-order valence-electron chi connectivity index (χ4n) is 4.13. The van der Waals surface area contributed by atoms with E-state index in [4.69, 9.17) is 14.2 Å². The molecule has 43 heavy (non-hydrogen) atoms. The maximum Gasteiger partial charge on any atom is 0.272 e. The first-order chi connectivity index (χ1) is 20.8. The number of allylic oxidation sites excluding steroid dienone is 1. The SMILES string of the molecule is COc1cc(OC)c(OC)cc1/C=C(\NC(=O)c1ccccc1)C(=O)Nc1ccc(C(=O)/C=C/c2ccc(C)cc2)cc1. The smallest absolute Gasteiger partial charge is 0.272 e. The van der Waals surface area contributed by atoms with Crippen molar-refractivity contribution in [2.75, 3.05) is 26.6 Å². The Morgan fingerprint density at radius 3 is 1.95 bits per heavy atom. The monoisotopic (exact) mass is 576 g/mol. The second kappa shape index (κ2) is 14.3. The third-order valence-electron chi connectivity index (χ3n) is 6.50. The zero-order chi connectivity index (χ0) is 30.8. The molecule has 0 fully saturated rings. The summed E-state index contributed by atoms with van der Waals surface area (Å²) in [6.07, 6.45) is 4.76. The number of ketones is 1. The summed E-state index contributed by atoms with van der Waals surface area (Å²) in [5.41, 5.74) is 3.77. The number of carbonyl (C=O) groups is 3. The number of nitrogens with one attached hydrogen (secondary N) is 2. The topological polar surface area (TPSA) is 103 Å². The molecule has 0 saturated carbocycles. The summed E-state index contributed by atoms with van der Waals surface area (Å²) in [6, 6.07) is 26.2. The van der Waals surface area contributed by atoms with E-state index in [2.05, 4.69) is 10.6 Å². The summed E-state index contributed by atoms with van der Waals surface area (Å²) in [5, 5.41) is 5.49. The molecule has 0 aliphatic carbocycles. The van der Waals surface area contributed by atoms with E-state index in [0.717, 1.165) is 11.1 Å². The molecule has 4 aromatic rings. The van der Waals surface area contributed by atoms with E-state index in [1.807, 2.05) is 31.2 Å². The third kappa shape index (κ3) is 7.98. The van der Waals surface area contributed by atoms with Gasteiger partial charge in [-0.25, -0.2) is 0 Å². The predicted molar refractivity (Wildman–Crippen MR) is 168 cm³/mol. The van der Waals surface area contributed by atoms with Gasteiger partial charge in [0.1, 0.15) is 11.4 Å². The van der Waals surface area contributed by atoms with Crippen LogP contribution in [-0.4, -0.2) is 38.9 Å². The molecule has 0 aliphatic heterocycles. The molecule has 0 spiro atoms. The second-order valence-electron chi connectivity index (χ2n) is 9.47. The Labute approximate surface area is 250 Å². The van der Waals surface area contributed by atoms with Gasteiger partial charge in [0.15, 0.2) is 17.3 Å². The van der Waals surface area contributed by atoms with Gasteiger partial charge in [0.2, 0.25) is 0 Å². The highest BCUT2D eigenvalue weighted by atomic mass is 16.5. The molecular weight excluding hydrogens is 544 g/mol. The number of aryl methyl sites for hydroxylation is 1. The zero-order valence-electron chi connectivity index (χ0n) is 24.3. The number of hydrogen-bond acceptors (Lipinski definition) is 6. The lowest BCUT2D eigenvalue weighted by molar-refractivity contribution is -0.113. The molecule has 4 rings (SSSR count). The van der Waals surface area contributed by atoms with Crippen molar-refractivity contribution in [2.24, 2.45) is 0 Å². The maximum atomic E-state index is 13.5. The number of anilines is 1. The molecule has 2 amide bonds. The van der Waals surface area contributed by atoms with Gasteiger partial charge in [0, 0.05) is 28.4 Å². The minimum Gasteiger partial charge on any atom is -0.496 e. The lowest BCUT2D eigenvalue weighted by atomic mass is 10.1. The van der Waals surface area contributed by atoms with Crippen LogP contribution in [0.15, 0.2) is 103 Å². The van der Waals surface area contributed by atoms with Crippen molar-refractivity contribution in [1.82, 2.24) is 5.32 Å². The maximum absolute atomic E-state index is 13.5. The van der Waals surface area contributed by atoms with E-state index in [-0.39, 0.29) is 11.5 Å². The Bertz CT molecular complexity index is 1660. The van der Waals surface area contributed by atoms with Crippen LogP contribution in [0.1, 0.15) is 37.4 Å². The minimum absolute atomic E-state index is 0.0412. The van der Waals surface area contributed by atoms with Gasteiger partial charge in [-0.05, 0) is 67.1 Å². The van der Waals surface area contributed by atoms with Crippen LogP contribution in [0.3, 0.4) is 0 Å². The quantitative estimate of drug-likeness (QED) is 0.160. The molecule has 0 saturated heterocycles. The average molecular weight is 577 g/mol. The number of carbonyl (C=O) groups excluding carboxylic acids is 3. The van der Waals surface area contributed by atoms with Crippen molar-refractivity contribution < 1.29 is 28.6 Å². The Kier molecular flexibility index (Phi) is 10.1. The Balaban J connectivity index is 1.58. The number of rotatable bonds is 11. The fraction of sp³-hybridized carbons (Fsp3) is 0.114. The third-order valence-corrected chi connectivity index (χ3v) is 6.50. The standard InChI is InChI=1S/C35H32N2O6/c1-23-10-12-24(13-11-23)14-19-30(38)25-15-17-28(18-16-25)36-35(40)29(37-34(39)26-8-6-5-7-9-26)20-27-21-32(42-3)33(43-4)22-31(27)41-2/h5-22H,1-4H3,(H,36,40)(H,37,39)/b19-14+,29-20-. The molecule has 0 aromatic heterocycles. The van der Waals surface area contributed by atoms with Crippen LogP contribution in [-0.2, 0) is 4.79 Å². The van der Waals surface area contributed by atoms with Crippen LogP contribution in [0.5, 0.6) is 17.2 Å². The average Bonchev–Trinajstić information content (AvgIpc) is 3.04. The van der Waals surface area contributed by atoms with Crippen molar-refractivity contribution in [1.29, 1.82) is 0 Å². The van der Waals surface area contributed by atoms with Crippen LogP contribution in [0.4, 0.5) is 5.69 Å². The number of amides is 2. The number of methoxy groups -OCH3 is 3. The molecule has 2 N–H and O–H groups in total. The van der Waals surface area contributed by atoms with Gasteiger partial charge in [-0.2, -0.15) is 0 Å². The van der Waals surface area contributed by atoms with Gasteiger partial charge in [-0.3, -0.25) is 14.4 Å². The van der Waals surface area contributed by atoms with Crippen molar-refractivity contribution in [3.63, 3.8) is 0 Å². The van der Waals surface area contributed by atoms with Crippen LogP contribution < -0.4 is 24.8 Å². The zero-order valence-corrected chi connectivity index (χ0v) is 24.3. The van der Waals surface area contributed by atoms with Gasteiger partial charge in [0.25, 0.3) is 11.8 Å². The lowest BCUT2D eigenvalue weighted by Crippen LogP contribution is -2.30. The molecule has 0 atom stereocenters. The number of ether oxygens (including phenoxy) is 3. The largest absolute Gasteiger partial charge is 0.496 e. The van der Waals surface area contributed by atoms with Crippen LogP contribution in [0.2, 0.25) is 0 Å². The summed E-state index contributed by atoms with van der Waals surface area (Å²) in [5.74, 6) is 0.0370. The first-order valence-corrected chi connectivity index (χ1v) is 13.4. The molecule has 0 unspecified atom stereocenters. The van der Waals surface area contributed by atoms with E-state index in [1.54, 1.807) is 72.8 Å². The molecular formula is C35H32N2O6. The Hall–Kier alpha value is -5.63. The molecule has 0 heterocycles. The van der Waals surface area contributed by atoms with E-state index in [1.165, 1.54) is 33.5 Å². The number of hydrogen-bond donors (Lipinski definition) is 2. The molecule has 8 nitrogen and oxygen atoms in total. The van der Waals surface area contributed by atoms with E-state index < -0.39 is 11.8 Å². The van der Waals surface area contributed by atoms with Crippen LogP contribution in [0, 0.1) is 6.92 Å². The number of benzene rings is 4. The normalized spacial score (nSPS) is 11.1. The first kappa shape index (κ1) is 30.3. The summed E-state index contributed by atoms with van der Waals surface area (Å²) < 4.78 is 16.3. The molecule has 8 heteroatoms. The van der Waals surface area contributed by atoms with Gasteiger partial charge in [-0.15, -0.1) is 0 Å². The van der Waals surface area contributed by atoms with Crippen molar-refractivity contribution >= 4 is 35.4 Å². The van der Waals surface area contributed by atoms with Crippen molar-refractivity contribution in [3.05, 3.63) is 131 Å². The molecule has 0 bridgehead atoms. The Morgan fingerprint density at radius 1 is 0.698 bits per heavy atom. The highest BCUT2D eigenvalue weighted by Crippen LogP contribution is 2.35. The van der Waals surface area contributed by atoms with Crippen molar-refractivity contribution in [2.45, 2.75) is 6.92 Å². The van der Waals surface area contributed by atoms with Crippen molar-refractivity contribution in [3.8, 4) is 17.2 Å². The van der Waals surface area contributed by atoms with Gasteiger partial charge >= 0.3 is 0 Å². The van der Waals surface area contributed by atoms with Gasteiger partial charge in [-0.1, -0.05) is 54.1 Å². The van der Waals surface area contributed by atoms with E-state index in [0.29, 0.717) is 39.6 Å². The van der Waals surface area contributed by atoms with E-state index >= 15 is 0 Å². The highest BCUT2D eigenvalue weighted by molar-refractivity contribution is 6.11. The minimum atomic E-state index is -0.584. The summed E-state index contributed by atoms with van der Waals surface area (Å²) in [7, 11) is 4.49. The first-order valence-electron chi connectivity index (χ1n) is 13.4. The van der Waals surface area contributed by atoms with Crippen LogP contribution in [0.25, 0.3) is 12.2 Å². The molecule has 4 aromatic carbocycles. The Morgan fingerprint density at radius 2 is 1.33 bits per heavy atom. The second-order valence-corrected chi connectivity index (χ2v) is 9.47. The molecule has 218 valence electrons.